The van der Waals surface area contributed by atoms with Crippen LogP contribution in [-0.4, -0.2) is 44.9 Å². The summed E-state index contributed by atoms with van der Waals surface area (Å²) >= 11 is 0. The van der Waals surface area contributed by atoms with Gasteiger partial charge in [-0.3, -0.25) is 9.52 Å². The van der Waals surface area contributed by atoms with Crippen LogP contribution in [0, 0.1) is 5.82 Å². The van der Waals surface area contributed by atoms with Gasteiger partial charge in [-0.1, -0.05) is 19.1 Å². The van der Waals surface area contributed by atoms with Gasteiger partial charge in [-0.05, 0) is 62.2 Å². The Kier molecular flexibility index (Phi) is 6.87. The van der Waals surface area contributed by atoms with Crippen molar-refractivity contribution < 1.29 is 17.6 Å². The SMILES string of the molecule is CCCN1CCC(NC(=O)c2ccc(S(=O)(=O)Nc3ccccc3F)cc2)CC1. The first-order valence-electron chi connectivity index (χ1n) is 9.79. The number of amides is 1. The van der Waals surface area contributed by atoms with Crippen molar-refractivity contribution in [2.24, 2.45) is 0 Å². The van der Waals surface area contributed by atoms with Gasteiger partial charge in [0.25, 0.3) is 15.9 Å². The van der Waals surface area contributed by atoms with Crippen LogP contribution in [0.1, 0.15) is 36.5 Å². The van der Waals surface area contributed by atoms with Crippen molar-refractivity contribution in [2.75, 3.05) is 24.4 Å². The molecule has 29 heavy (non-hydrogen) atoms. The van der Waals surface area contributed by atoms with Crippen molar-refractivity contribution in [1.29, 1.82) is 0 Å². The summed E-state index contributed by atoms with van der Waals surface area (Å²) in [7, 11) is -3.94. The van der Waals surface area contributed by atoms with E-state index >= 15 is 0 Å². The number of likely N-dealkylation sites (tertiary alicyclic amines) is 1. The molecule has 3 rings (SSSR count). The second-order valence-corrected chi connectivity index (χ2v) is 8.88. The van der Waals surface area contributed by atoms with Crippen molar-refractivity contribution in [3.8, 4) is 0 Å². The number of anilines is 1. The summed E-state index contributed by atoms with van der Waals surface area (Å²) in [5.74, 6) is -0.873. The summed E-state index contributed by atoms with van der Waals surface area (Å²) in [5, 5.41) is 3.02. The van der Waals surface area contributed by atoms with Gasteiger partial charge in [-0.15, -0.1) is 0 Å². The van der Waals surface area contributed by atoms with Gasteiger partial charge in [0.15, 0.2) is 0 Å². The number of para-hydroxylation sites is 1. The van der Waals surface area contributed by atoms with Gasteiger partial charge in [-0.25, -0.2) is 12.8 Å². The summed E-state index contributed by atoms with van der Waals surface area (Å²) in [6.07, 6.45) is 2.94. The summed E-state index contributed by atoms with van der Waals surface area (Å²) < 4.78 is 40.8. The lowest BCUT2D eigenvalue weighted by molar-refractivity contribution is 0.0911. The van der Waals surface area contributed by atoms with Crippen molar-refractivity contribution in [3.05, 3.63) is 59.9 Å². The average molecular weight is 420 g/mol. The molecule has 0 aromatic heterocycles. The molecule has 1 aliphatic rings. The largest absolute Gasteiger partial charge is 0.349 e. The highest BCUT2D eigenvalue weighted by molar-refractivity contribution is 7.92. The van der Waals surface area contributed by atoms with Crippen LogP contribution < -0.4 is 10.0 Å². The zero-order valence-electron chi connectivity index (χ0n) is 16.4. The zero-order valence-corrected chi connectivity index (χ0v) is 17.2. The molecule has 2 aromatic carbocycles. The number of piperidine rings is 1. The van der Waals surface area contributed by atoms with E-state index in [1.165, 1.54) is 42.5 Å². The van der Waals surface area contributed by atoms with E-state index in [1.807, 2.05) is 0 Å². The zero-order chi connectivity index (χ0) is 20.9. The van der Waals surface area contributed by atoms with E-state index in [9.17, 15) is 17.6 Å². The monoisotopic (exact) mass is 419 g/mol. The molecule has 1 fully saturated rings. The summed E-state index contributed by atoms with van der Waals surface area (Å²) in [6, 6.07) is 11.3. The highest BCUT2D eigenvalue weighted by Crippen LogP contribution is 2.19. The minimum absolute atomic E-state index is 0.0369. The fourth-order valence-electron chi connectivity index (χ4n) is 3.42. The third-order valence-corrected chi connectivity index (χ3v) is 6.39. The van der Waals surface area contributed by atoms with Crippen LogP contribution in [0.15, 0.2) is 53.4 Å². The topological polar surface area (TPSA) is 78.5 Å². The van der Waals surface area contributed by atoms with Gasteiger partial charge < -0.3 is 10.2 Å². The predicted molar refractivity (Wildman–Crippen MR) is 111 cm³/mol. The van der Waals surface area contributed by atoms with Gasteiger partial charge in [0.05, 0.1) is 10.6 Å². The number of hydrogen-bond donors (Lipinski definition) is 2. The second-order valence-electron chi connectivity index (χ2n) is 7.20. The highest BCUT2D eigenvalue weighted by Gasteiger charge is 2.21. The molecule has 1 amide bonds. The Bertz CT molecular complexity index is 940. The lowest BCUT2D eigenvalue weighted by atomic mass is 10.0. The van der Waals surface area contributed by atoms with E-state index in [0.717, 1.165) is 38.9 Å². The summed E-state index contributed by atoms with van der Waals surface area (Å²) in [6.45, 7) is 5.18. The van der Waals surface area contributed by atoms with E-state index < -0.39 is 15.8 Å². The molecule has 0 radical (unpaired) electrons. The van der Waals surface area contributed by atoms with Crippen LogP contribution in [0.5, 0.6) is 0 Å². The van der Waals surface area contributed by atoms with Crippen LogP contribution >= 0.6 is 0 Å². The molecule has 1 saturated heterocycles. The van der Waals surface area contributed by atoms with Crippen LogP contribution in [0.3, 0.4) is 0 Å². The van der Waals surface area contributed by atoms with Crippen molar-refractivity contribution in [3.63, 3.8) is 0 Å². The number of hydrogen-bond acceptors (Lipinski definition) is 4. The van der Waals surface area contributed by atoms with Gasteiger partial charge >= 0.3 is 0 Å². The number of benzene rings is 2. The number of nitrogens with zero attached hydrogens (tertiary/aromatic N) is 1. The normalized spacial score (nSPS) is 15.8. The van der Waals surface area contributed by atoms with Crippen LogP contribution in [0.25, 0.3) is 0 Å². The molecule has 8 heteroatoms. The average Bonchev–Trinajstić information content (AvgIpc) is 2.71. The van der Waals surface area contributed by atoms with Gasteiger partial charge in [0, 0.05) is 24.7 Å². The molecule has 0 bridgehead atoms. The molecular formula is C21H26FN3O3S. The first-order valence-corrected chi connectivity index (χ1v) is 11.3. The van der Waals surface area contributed by atoms with E-state index in [0.29, 0.717) is 5.56 Å². The maximum atomic E-state index is 13.7. The molecule has 0 saturated carbocycles. The number of sulfonamides is 1. The molecule has 1 aliphatic heterocycles. The summed E-state index contributed by atoms with van der Waals surface area (Å²) in [5.41, 5.74) is 0.273. The third-order valence-electron chi connectivity index (χ3n) is 5.01. The number of nitrogens with one attached hydrogen (secondary N) is 2. The fraction of sp³-hybridized carbons (Fsp3) is 0.381. The molecule has 1 heterocycles. The molecule has 0 unspecified atom stereocenters. The minimum atomic E-state index is -3.94. The smallest absolute Gasteiger partial charge is 0.261 e. The maximum Gasteiger partial charge on any atom is 0.261 e. The third kappa shape index (κ3) is 5.55. The second kappa shape index (κ2) is 9.37. The molecule has 2 aromatic rings. The molecule has 0 atom stereocenters. The Morgan fingerprint density at radius 1 is 1.10 bits per heavy atom. The molecule has 2 N–H and O–H groups in total. The van der Waals surface area contributed by atoms with Gasteiger partial charge in [-0.2, -0.15) is 0 Å². The van der Waals surface area contributed by atoms with Gasteiger partial charge in [0.2, 0.25) is 0 Å². The van der Waals surface area contributed by atoms with Gasteiger partial charge in [0.1, 0.15) is 5.82 Å². The van der Waals surface area contributed by atoms with Crippen LogP contribution in [-0.2, 0) is 10.0 Å². The van der Waals surface area contributed by atoms with Crippen LogP contribution in [0.4, 0.5) is 10.1 Å². The molecule has 156 valence electrons. The summed E-state index contributed by atoms with van der Waals surface area (Å²) in [4.78, 5) is 14.8. The molecule has 6 nitrogen and oxygen atoms in total. The lowest BCUT2D eigenvalue weighted by Crippen LogP contribution is -2.44. The standard InChI is InChI=1S/C21H26FN3O3S/c1-2-13-25-14-11-17(12-15-25)23-21(26)16-7-9-18(10-8-16)29(27,28)24-20-6-4-3-5-19(20)22/h3-10,17,24H,2,11-15H2,1H3,(H,23,26). The minimum Gasteiger partial charge on any atom is -0.349 e. The number of rotatable bonds is 7. The van der Waals surface area contributed by atoms with Crippen molar-refractivity contribution in [1.82, 2.24) is 10.2 Å². The first kappa shape index (κ1) is 21.3. The Hall–Kier alpha value is -2.45. The lowest BCUT2D eigenvalue weighted by Gasteiger charge is -2.32. The number of halogens is 1. The number of carbonyl (C=O) groups excluding carboxylic acids is 1. The van der Waals surface area contributed by atoms with Crippen molar-refractivity contribution >= 4 is 21.6 Å². The molecule has 0 aliphatic carbocycles. The van der Waals surface area contributed by atoms with E-state index in [1.54, 1.807) is 6.07 Å². The van der Waals surface area contributed by atoms with E-state index in [2.05, 4.69) is 21.9 Å². The Balaban J connectivity index is 1.61. The predicted octanol–water partition coefficient (Wildman–Crippen LogP) is 3.23. The highest BCUT2D eigenvalue weighted by atomic mass is 32.2. The quantitative estimate of drug-likeness (QED) is 0.722. The Labute approximate surface area is 171 Å². The first-order chi connectivity index (χ1) is 13.9. The maximum absolute atomic E-state index is 13.7. The van der Waals surface area contributed by atoms with E-state index in [4.69, 9.17) is 0 Å². The Morgan fingerprint density at radius 2 is 1.76 bits per heavy atom. The van der Waals surface area contributed by atoms with E-state index in [-0.39, 0.29) is 22.5 Å². The molecule has 0 spiro atoms. The van der Waals surface area contributed by atoms with Crippen molar-refractivity contribution in [2.45, 2.75) is 37.1 Å². The number of carbonyl (C=O) groups is 1. The van der Waals surface area contributed by atoms with Crippen LogP contribution in [0.2, 0.25) is 0 Å². The Morgan fingerprint density at radius 3 is 2.38 bits per heavy atom. The fourth-order valence-corrected chi connectivity index (χ4v) is 4.49. The molecular weight excluding hydrogens is 393 g/mol.